The Kier molecular flexibility index (Phi) is 5.78. The Morgan fingerprint density at radius 3 is 2.67 bits per heavy atom. The lowest BCUT2D eigenvalue weighted by Gasteiger charge is -2.36. The zero-order chi connectivity index (χ0) is 18.8. The fourth-order valence-electron chi connectivity index (χ4n) is 3.77. The summed E-state index contributed by atoms with van der Waals surface area (Å²) in [4.78, 5) is 20.5. The molecule has 4 rings (SSSR count). The molecule has 144 valence electrons. The number of amides is 1. The van der Waals surface area contributed by atoms with Crippen LogP contribution in [-0.4, -0.2) is 59.9 Å². The van der Waals surface area contributed by atoms with Crippen LogP contribution in [0.25, 0.3) is 0 Å². The van der Waals surface area contributed by atoms with Crippen LogP contribution in [0, 0.1) is 5.82 Å². The van der Waals surface area contributed by atoms with Gasteiger partial charge in [-0.2, -0.15) is 0 Å². The smallest absolute Gasteiger partial charge is 0.237 e. The summed E-state index contributed by atoms with van der Waals surface area (Å²) in [5.41, 5.74) is 1.86. The van der Waals surface area contributed by atoms with Crippen molar-refractivity contribution in [2.24, 2.45) is 0 Å². The monoisotopic (exact) mass is 407 g/mol. The van der Waals surface area contributed by atoms with Gasteiger partial charge < -0.3 is 4.90 Å². The highest BCUT2D eigenvalue weighted by molar-refractivity contribution is 7.10. The number of rotatable bonds is 4. The molecule has 4 nitrogen and oxygen atoms in total. The lowest BCUT2D eigenvalue weighted by Crippen LogP contribution is -2.50. The van der Waals surface area contributed by atoms with Crippen molar-refractivity contribution in [2.75, 3.05) is 39.3 Å². The maximum atomic E-state index is 14.0. The van der Waals surface area contributed by atoms with E-state index in [1.54, 1.807) is 23.5 Å². The molecule has 0 aliphatic carbocycles. The average Bonchev–Trinajstić information content (AvgIpc) is 3.14. The Morgan fingerprint density at radius 1 is 1.11 bits per heavy atom. The minimum absolute atomic E-state index is 0.206. The normalized spacial score (nSPS) is 18.5. The minimum Gasteiger partial charge on any atom is -0.337 e. The summed E-state index contributed by atoms with van der Waals surface area (Å²) in [5, 5.41) is 2.59. The molecule has 1 aromatic heterocycles. The third-order valence-electron chi connectivity index (χ3n) is 5.43. The van der Waals surface area contributed by atoms with Gasteiger partial charge in [0.1, 0.15) is 5.82 Å². The third kappa shape index (κ3) is 4.35. The topological polar surface area (TPSA) is 26.8 Å². The average molecular weight is 408 g/mol. The molecule has 0 spiro atoms. The molecule has 0 N–H and O–H groups in total. The number of hydrogen-bond acceptors (Lipinski definition) is 4. The van der Waals surface area contributed by atoms with E-state index >= 15 is 0 Å². The van der Waals surface area contributed by atoms with E-state index in [1.807, 2.05) is 4.90 Å². The van der Waals surface area contributed by atoms with Crippen molar-refractivity contribution in [1.29, 1.82) is 0 Å². The number of carbonyl (C=O) groups excluding carboxylic acids is 1. The number of halogens is 2. The number of fused-ring (bicyclic) bond motifs is 1. The zero-order valence-corrected chi connectivity index (χ0v) is 16.7. The maximum Gasteiger partial charge on any atom is 0.237 e. The molecule has 0 radical (unpaired) electrons. The first-order chi connectivity index (χ1) is 13.1. The van der Waals surface area contributed by atoms with Crippen LogP contribution in [-0.2, 0) is 24.3 Å². The molecule has 1 amide bonds. The lowest BCUT2D eigenvalue weighted by atomic mass is 10.1. The molecular weight excluding hydrogens is 385 g/mol. The molecule has 0 unspecified atom stereocenters. The Hall–Kier alpha value is -1.47. The van der Waals surface area contributed by atoms with Crippen molar-refractivity contribution in [3.8, 4) is 0 Å². The van der Waals surface area contributed by atoms with Crippen molar-refractivity contribution in [2.45, 2.75) is 19.5 Å². The Morgan fingerprint density at radius 2 is 1.89 bits per heavy atom. The van der Waals surface area contributed by atoms with Crippen LogP contribution in [0.4, 0.5) is 4.39 Å². The highest BCUT2D eigenvalue weighted by Crippen LogP contribution is 2.24. The second-order valence-corrected chi connectivity index (χ2v) is 8.59. The highest BCUT2D eigenvalue weighted by Gasteiger charge is 2.25. The predicted octanol–water partition coefficient (Wildman–Crippen LogP) is 3.24. The molecule has 7 heteroatoms. The molecule has 1 aromatic carbocycles. The molecular formula is C20H23ClFN3OS. The number of hydrogen-bond donors (Lipinski definition) is 0. The first-order valence-corrected chi connectivity index (χ1v) is 10.6. The molecule has 0 bridgehead atoms. The summed E-state index contributed by atoms with van der Waals surface area (Å²) in [6, 6.07) is 6.94. The number of nitrogens with zero attached hydrogens (tertiary/aromatic N) is 3. The molecule has 0 saturated carbocycles. The van der Waals surface area contributed by atoms with Crippen LogP contribution in [0.3, 0.4) is 0 Å². The molecule has 3 heterocycles. The molecule has 2 aromatic rings. The molecule has 27 heavy (non-hydrogen) atoms. The van der Waals surface area contributed by atoms with Crippen LogP contribution in [0.2, 0.25) is 5.02 Å². The van der Waals surface area contributed by atoms with Crippen LogP contribution < -0.4 is 0 Å². The van der Waals surface area contributed by atoms with E-state index in [1.165, 1.54) is 16.5 Å². The summed E-state index contributed by atoms with van der Waals surface area (Å²) in [6.07, 6.45) is 0.968. The van der Waals surface area contributed by atoms with Gasteiger partial charge in [-0.3, -0.25) is 14.6 Å². The predicted molar refractivity (Wildman–Crippen MR) is 107 cm³/mol. The van der Waals surface area contributed by atoms with Crippen molar-refractivity contribution in [1.82, 2.24) is 14.7 Å². The van der Waals surface area contributed by atoms with E-state index in [-0.39, 0.29) is 11.7 Å². The van der Waals surface area contributed by atoms with Gasteiger partial charge in [-0.25, -0.2) is 4.39 Å². The summed E-state index contributed by atoms with van der Waals surface area (Å²) in [6.45, 7) is 5.79. The summed E-state index contributed by atoms with van der Waals surface area (Å²) < 4.78 is 14.0. The van der Waals surface area contributed by atoms with Crippen molar-refractivity contribution in [3.63, 3.8) is 0 Å². The number of benzene rings is 1. The van der Waals surface area contributed by atoms with Gasteiger partial charge in [-0.15, -0.1) is 11.3 Å². The van der Waals surface area contributed by atoms with Gasteiger partial charge in [0, 0.05) is 61.3 Å². The molecule has 0 atom stereocenters. The van der Waals surface area contributed by atoms with Gasteiger partial charge >= 0.3 is 0 Å². The van der Waals surface area contributed by atoms with E-state index < -0.39 is 0 Å². The fourth-order valence-corrected chi connectivity index (χ4v) is 4.88. The number of thiophene rings is 1. The first-order valence-electron chi connectivity index (χ1n) is 9.31. The van der Waals surface area contributed by atoms with Crippen LogP contribution in [0.15, 0.2) is 29.6 Å². The lowest BCUT2D eigenvalue weighted by molar-refractivity contribution is -0.133. The number of carbonyl (C=O) groups is 1. The van der Waals surface area contributed by atoms with Crippen molar-refractivity contribution >= 4 is 28.8 Å². The van der Waals surface area contributed by atoms with E-state index in [9.17, 15) is 9.18 Å². The van der Waals surface area contributed by atoms with Crippen LogP contribution in [0.1, 0.15) is 16.0 Å². The fraction of sp³-hybridized carbons (Fsp3) is 0.450. The van der Waals surface area contributed by atoms with Crippen LogP contribution >= 0.6 is 22.9 Å². The van der Waals surface area contributed by atoms with Crippen LogP contribution in [0.5, 0.6) is 0 Å². The third-order valence-corrected chi connectivity index (χ3v) is 6.80. The van der Waals surface area contributed by atoms with Gasteiger partial charge in [0.25, 0.3) is 0 Å². The number of piperazine rings is 1. The molecule has 1 saturated heterocycles. The molecule has 1 fully saturated rings. The molecule has 2 aliphatic rings. The van der Waals surface area contributed by atoms with Gasteiger partial charge in [-0.1, -0.05) is 17.7 Å². The van der Waals surface area contributed by atoms with Gasteiger partial charge in [-0.05, 0) is 35.6 Å². The zero-order valence-electron chi connectivity index (χ0n) is 15.2. The second kappa shape index (κ2) is 8.27. The standard InChI is InChI=1S/C20H23ClFN3OS/c21-17-2-1-3-18(22)16(17)13-23-7-9-24(10-8-23)14-20(26)25-6-4-19-15(12-25)5-11-27-19/h1-3,5,11H,4,6-10,12-14H2. The first kappa shape index (κ1) is 18.9. The van der Waals surface area contributed by atoms with Crippen molar-refractivity contribution in [3.05, 3.63) is 56.5 Å². The largest absolute Gasteiger partial charge is 0.337 e. The van der Waals surface area contributed by atoms with Gasteiger partial charge in [0.2, 0.25) is 5.91 Å². The maximum absolute atomic E-state index is 14.0. The SMILES string of the molecule is O=C(CN1CCN(Cc2c(F)cccc2Cl)CC1)N1CCc2sccc2C1. The quantitative estimate of drug-likeness (QED) is 0.778. The summed E-state index contributed by atoms with van der Waals surface area (Å²) in [5.74, 6) is -0.0459. The van der Waals surface area contributed by atoms with E-state index in [4.69, 9.17) is 11.6 Å². The van der Waals surface area contributed by atoms with E-state index in [0.717, 1.165) is 45.7 Å². The Balaban J connectivity index is 1.27. The summed E-state index contributed by atoms with van der Waals surface area (Å²) >= 11 is 7.92. The Labute approximate surface area is 168 Å². The van der Waals surface area contributed by atoms with E-state index in [0.29, 0.717) is 23.7 Å². The summed E-state index contributed by atoms with van der Waals surface area (Å²) in [7, 11) is 0. The molecule has 2 aliphatic heterocycles. The van der Waals surface area contributed by atoms with Crippen molar-refractivity contribution < 1.29 is 9.18 Å². The van der Waals surface area contributed by atoms with E-state index in [2.05, 4.69) is 21.2 Å². The Bertz CT molecular complexity index is 799. The highest BCUT2D eigenvalue weighted by atomic mass is 35.5. The van der Waals surface area contributed by atoms with Gasteiger partial charge in [0.15, 0.2) is 0 Å². The second-order valence-electron chi connectivity index (χ2n) is 7.19. The van der Waals surface area contributed by atoms with Gasteiger partial charge in [0.05, 0.1) is 6.54 Å². The minimum atomic E-state index is -0.252.